The fourth-order valence-electron chi connectivity index (χ4n) is 2.78. The van der Waals surface area contributed by atoms with E-state index in [2.05, 4.69) is 19.6 Å². The summed E-state index contributed by atoms with van der Waals surface area (Å²) in [5.41, 5.74) is 0. The molecule has 0 saturated carbocycles. The number of carboxylic acids is 1. The Labute approximate surface area is 137 Å². The molecule has 0 amide bonds. The Morgan fingerprint density at radius 2 is 1.24 bits per heavy atom. The minimum atomic E-state index is -0.694. The molecule has 0 aliphatic carbocycles. The first-order valence-corrected chi connectivity index (χ1v) is 9.52. The average Bonchev–Trinajstić information content (AvgIpc) is 2.43. The lowest BCUT2D eigenvalue weighted by Gasteiger charge is -2.14. The molecular formula is C18H36O2S. The minimum Gasteiger partial charge on any atom is -0.481 e. The smallest absolute Gasteiger partial charge is 0.307 e. The maximum Gasteiger partial charge on any atom is 0.307 e. The zero-order chi connectivity index (χ0) is 15.9. The van der Waals surface area contributed by atoms with E-state index in [1.807, 2.05) is 6.92 Å². The summed E-state index contributed by atoms with van der Waals surface area (Å²) >= 11 is 4.26. The van der Waals surface area contributed by atoms with E-state index in [4.69, 9.17) is 5.11 Å². The van der Waals surface area contributed by atoms with Crippen LogP contribution in [0, 0.1) is 5.92 Å². The lowest BCUT2D eigenvalue weighted by Crippen LogP contribution is -2.21. The van der Waals surface area contributed by atoms with Gasteiger partial charge in [-0.25, -0.2) is 0 Å². The van der Waals surface area contributed by atoms with E-state index < -0.39 is 5.97 Å². The van der Waals surface area contributed by atoms with Crippen LogP contribution in [0.25, 0.3) is 0 Å². The molecule has 2 nitrogen and oxygen atoms in total. The number of carboxylic acid groups (broad SMARTS) is 1. The van der Waals surface area contributed by atoms with Crippen molar-refractivity contribution >= 4 is 18.6 Å². The van der Waals surface area contributed by atoms with Gasteiger partial charge in [-0.1, -0.05) is 90.9 Å². The van der Waals surface area contributed by atoms with Crippen LogP contribution in [0.15, 0.2) is 0 Å². The summed E-state index contributed by atoms with van der Waals surface area (Å²) in [6.45, 7) is 4.14. The standard InChI is InChI=1S/C18H36O2S/c1-3-4-5-6-7-8-9-10-11-12-13-14-15-17(16(2)21)18(19)20/h16-17,21H,3-15H2,1-2H3,(H,19,20). The molecule has 21 heavy (non-hydrogen) atoms. The molecule has 3 heteroatoms. The van der Waals surface area contributed by atoms with E-state index >= 15 is 0 Å². The highest BCUT2D eigenvalue weighted by atomic mass is 32.1. The van der Waals surface area contributed by atoms with E-state index in [9.17, 15) is 4.79 Å². The summed E-state index contributed by atoms with van der Waals surface area (Å²) < 4.78 is 0. The SMILES string of the molecule is CCCCCCCCCCCCCCC(C(=O)O)C(C)S. The van der Waals surface area contributed by atoms with Crippen molar-refractivity contribution in [1.82, 2.24) is 0 Å². The second-order valence-corrected chi connectivity index (χ2v) is 7.18. The molecule has 0 rings (SSSR count). The molecule has 1 N–H and O–H groups in total. The average molecular weight is 317 g/mol. The Balaban J connectivity index is 3.27. The molecule has 0 aliphatic rings. The van der Waals surface area contributed by atoms with Crippen LogP contribution in [0.3, 0.4) is 0 Å². The van der Waals surface area contributed by atoms with Gasteiger partial charge in [-0.2, -0.15) is 12.6 Å². The Morgan fingerprint density at radius 3 is 1.57 bits per heavy atom. The molecule has 0 spiro atoms. The summed E-state index contributed by atoms with van der Waals surface area (Å²) in [6, 6.07) is 0. The summed E-state index contributed by atoms with van der Waals surface area (Å²) in [5, 5.41) is 9.03. The number of thiol groups is 1. The number of hydrogen-bond donors (Lipinski definition) is 2. The van der Waals surface area contributed by atoms with Crippen LogP contribution in [-0.2, 0) is 4.79 Å². The first-order chi connectivity index (χ1) is 10.1. The monoisotopic (exact) mass is 316 g/mol. The van der Waals surface area contributed by atoms with Gasteiger partial charge in [0.1, 0.15) is 0 Å². The largest absolute Gasteiger partial charge is 0.481 e. The van der Waals surface area contributed by atoms with Crippen LogP contribution in [0.5, 0.6) is 0 Å². The Bertz CT molecular complexity index is 241. The van der Waals surface area contributed by atoms with Crippen molar-refractivity contribution in [3.8, 4) is 0 Å². The summed E-state index contributed by atoms with van der Waals surface area (Å²) in [6.07, 6.45) is 16.6. The fourth-order valence-corrected chi connectivity index (χ4v) is 3.05. The van der Waals surface area contributed by atoms with Crippen LogP contribution in [-0.4, -0.2) is 16.3 Å². The lowest BCUT2D eigenvalue weighted by atomic mass is 9.97. The molecule has 0 aromatic carbocycles. The van der Waals surface area contributed by atoms with Crippen LogP contribution >= 0.6 is 12.6 Å². The van der Waals surface area contributed by atoms with Gasteiger partial charge in [0.15, 0.2) is 0 Å². The fraction of sp³-hybridized carbons (Fsp3) is 0.944. The molecular weight excluding hydrogens is 280 g/mol. The molecule has 2 unspecified atom stereocenters. The Morgan fingerprint density at radius 1 is 0.857 bits per heavy atom. The van der Waals surface area contributed by atoms with Gasteiger partial charge < -0.3 is 5.11 Å². The number of unbranched alkanes of at least 4 members (excludes halogenated alkanes) is 11. The lowest BCUT2D eigenvalue weighted by molar-refractivity contribution is -0.141. The van der Waals surface area contributed by atoms with E-state index in [1.54, 1.807) is 0 Å². The maximum atomic E-state index is 11.0. The van der Waals surface area contributed by atoms with Crippen molar-refractivity contribution in [2.75, 3.05) is 0 Å². The predicted octanol–water partition coefficient (Wildman–Crippen LogP) is 6.10. The van der Waals surface area contributed by atoms with Crippen molar-refractivity contribution in [3.63, 3.8) is 0 Å². The highest BCUT2D eigenvalue weighted by Gasteiger charge is 2.21. The van der Waals surface area contributed by atoms with Crippen molar-refractivity contribution in [2.45, 2.75) is 103 Å². The third-order valence-electron chi connectivity index (χ3n) is 4.27. The van der Waals surface area contributed by atoms with Crippen molar-refractivity contribution < 1.29 is 9.90 Å². The third-order valence-corrected chi connectivity index (χ3v) is 4.63. The predicted molar refractivity (Wildman–Crippen MR) is 95.3 cm³/mol. The van der Waals surface area contributed by atoms with Gasteiger partial charge in [0.25, 0.3) is 0 Å². The topological polar surface area (TPSA) is 37.3 Å². The normalized spacial score (nSPS) is 14.0. The molecule has 0 radical (unpaired) electrons. The molecule has 0 aromatic heterocycles. The van der Waals surface area contributed by atoms with Crippen LogP contribution in [0.2, 0.25) is 0 Å². The maximum absolute atomic E-state index is 11.0. The summed E-state index contributed by atoms with van der Waals surface area (Å²) in [7, 11) is 0. The summed E-state index contributed by atoms with van der Waals surface area (Å²) in [5.74, 6) is -0.975. The van der Waals surface area contributed by atoms with Crippen molar-refractivity contribution in [3.05, 3.63) is 0 Å². The highest BCUT2D eigenvalue weighted by molar-refractivity contribution is 7.81. The van der Waals surface area contributed by atoms with Crippen LogP contribution in [0.4, 0.5) is 0 Å². The minimum absolute atomic E-state index is 0.0461. The molecule has 0 heterocycles. The van der Waals surface area contributed by atoms with Gasteiger partial charge in [-0.3, -0.25) is 4.79 Å². The highest BCUT2D eigenvalue weighted by Crippen LogP contribution is 2.19. The number of aliphatic carboxylic acids is 1. The zero-order valence-corrected chi connectivity index (χ0v) is 15.0. The molecule has 126 valence electrons. The number of rotatable bonds is 15. The van der Waals surface area contributed by atoms with Crippen LogP contribution in [0.1, 0.15) is 97.3 Å². The quantitative estimate of drug-likeness (QED) is 0.283. The second kappa shape index (κ2) is 14.7. The number of hydrogen-bond acceptors (Lipinski definition) is 2. The molecule has 0 fully saturated rings. The molecule has 0 bridgehead atoms. The third kappa shape index (κ3) is 13.2. The first kappa shape index (κ1) is 20.8. The van der Waals surface area contributed by atoms with Crippen molar-refractivity contribution in [1.29, 1.82) is 0 Å². The van der Waals surface area contributed by atoms with Gasteiger partial charge in [0.05, 0.1) is 5.92 Å². The first-order valence-electron chi connectivity index (χ1n) is 9.00. The Kier molecular flexibility index (Phi) is 14.6. The zero-order valence-electron chi connectivity index (χ0n) is 14.1. The molecule has 0 aliphatic heterocycles. The van der Waals surface area contributed by atoms with Gasteiger partial charge in [-0.15, -0.1) is 0 Å². The van der Waals surface area contributed by atoms with E-state index in [1.165, 1.54) is 70.6 Å². The number of carbonyl (C=O) groups is 1. The van der Waals surface area contributed by atoms with Gasteiger partial charge in [0.2, 0.25) is 0 Å². The van der Waals surface area contributed by atoms with E-state index in [0.29, 0.717) is 0 Å². The van der Waals surface area contributed by atoms with Crippen molar-refractivity contribution in [2.24, 2.45) is 5.92 Å². The molecule has 0 aromatic rings. The van der Waals surface area contributed by atoms with E-state index in [0.717, 1.165) is 12.8 Å². The van der Waals surface area contributed by atoms with E-state index in [-0.39, 0.29) is 11.2 Å². The second-order valence-electron chi connectivity index (χ2n) is 6.36. The van der Waals surface area contributed by atoms with Gasteiger partial charge in [0, 0.05) is 5.25 Å². The van der Waals surface area contributed by atoms with Gasteiger partial charge >= 0.3 is 5.97 Å². The summed E-state index contributed by atoms with van der Waals surface area (Å²) in [4.78, 5) is 11.0. The Hall–Kier alpha value is -0.180. The molecule has 2 atom stereocenters. The molecule has 0 saturated heterocycles. The van der Waals surface area contributed by atoms with Crippen LogP contribution < -0.4 is 0 Å². The van der Waals surface area contributed by atoms with Gasteiger partial charge in [-0.05, 0) is 6.42 Å².